The monoisotopic (exact) mass is 280 g/mol. The minimum absolute atomic E-state index is 0.247. The Bertz CT molecular complexity index is 499. The molecule has 1 aromatic heterocycles. The number of hydrogen-bond acceptors (Lipinski definition) is 3. The Morgan fingerprint density at radius 3 is 2.65 bits per heavy atom. The third-order valence-electron chi connectivity index (χ3n) is 3.74. The predicted molar refractivity (Wildman–Crippen MR) is 69.6 cm³/mol. The number of aromatic nitrogens is 1. The molecule has 2 rings (SSSR count). The minimum Gasteiger partial charge on any atom is -0.481 e. The molecule has 0 aliphatic heterocycles. The van der Waals surface area contributed by atoms with Crippen LogP contribution in [0.2, 0.25) is 0 Å². The summed E-state index contributed by atoms with van der Waals surface area (Å²) in [5.74, 6) is -1.71. The largest absolute Gasteiger partial charge is 0.481 e. The van der Waals surface area contributed by atoms with Gasteiger partial charge in [0.1, 0.15) is 0 Å². The van der Waals surface area contributed by atoms with Crippen molar-refractivity contribution in [2.24, 2.45) is 11.8 Å². The molecule has 0 saturated heterocycles. The molecule has 2 N–H and O–H groups in total. The number of aliphatic carboxylic acids is 1. The average molecular weight is 280 g/mol. The zero-order chi connectivity index (χ0) is 14.5. The molecule has 1 saturated carbocycles. The number of carboxylic acid groups (broad SMARTS) is 1. The van der Waals surface area contributed by atoms with E-state index in [1.54, 1.807) is 0 Å². The number of halogens is 1. The SMILES string of the molecule is O=C(NCC1CCC(C(=O)O)CC1)c1ccnc(F)c1. The van der Waals surface area contributed by atoms with E-state index in [1.165, 1.54) is 12.3 Å². The number of pyridine rings is 1. The fraction of sp³-hybridized carbons (Fsp3) is 0.500. The van der Waals surface area contributed by atoms with Crippen LogP contribution in [-0.4, -0.2) is 28.5 Å². The van der Waals surface area contributed by atoms with E-state index in [4.69, 9.17) is 5.11 Å². The summed E-state index contributed by atoms with van der Waals surface area (Å²) in [5, 5.41) is 11.7. The van der Waals surface area contributed by atoms with E-state index in [9.17, 15) is 14.0 Å². The lowest BCUT2D eigenvalue weighted by atomic mass is 9.82. The number of amides is 1. The second-order valence-electron chi connectivity index (χ2n) is 5.13. The first-order chi connectivity index (χ1) is 9.56. The Hall–Kier alpha value is -1.98. The standard InChI is InChI=1S/C14H17FN2O3/c15-12-7-11(5-6-16-12)13(18)17-8-9-1-3-10(4-2-9)14(19)20/h5-7,9-10H,1-4,8H2,(H,17,18)(H,19,20). The van der Waals surface area contributed by atoms with Crippen molar-refractivity contribution in [3.8, 4) is 0 Å². The summed E-state index contributed by atoms with van der Waals surface area (Å²) in [5.41, 5.74) is 0.247. The number of nitrogens with one attached hydrogen (secondary N) is 1. The van der Waals surface area contributed by atoms with Gasteiger partial charge >= 0.3 is 5.97 Å². The normalized spacial score (nSPS) is 22.2. The Kier molecular flexibility index (Phi) is 4.65. The Morgan fingerprint density at radius 2 is 2.05 bits per heavy atom. The molecule has 1 aromatic rings. The zero-order valence-corrected chi connectivity index (χ0v) is 11.0. The summed E-state index contributed by atoms with van der Waals surface area (Å²) in [6.45, 7) is 0.495. The highest BCUT2D eigenvalue weighted by Crippen LogP contribution is 2.28. The van der Waals surface area contributed by atoms with Crippen LogP contribution >= 0.6 is 0 Å². The van der Waals surface area contributed by atoms with E-state index in [-0.39, 0.29) is 17.4 Å². The van der Waals surface area contributed by atoms with Crippen molar-refractivity contribution < 1.29 is 19.1 Å². The third kappa shape index (κ3) is 3.76. The molecule has 1 aliphatic carbocycles. The second-order valence-corrected chi connectivity index (χ2v) is 5.13. The molecule has 0 bridgehead atoms. The Morgan fingerprint density at radius 1 is 1.35 bits per heavy atom. The molecule has 0 unspecified atom stereocenters. The van der Waals surface area contributed by atoms with Gasteiger partial charge in [0, 0.05) is 24.4 Å². The fourth-order valence-corrected chi connectivity index (χ4v) is 2.50. The molecule has 0 radical (unpaired) electrons. The van der Waals surface area contributed by atoms with Crippen molar-refractivity contribution in [3.63, 3.8) is 0 Å². The minimum atomic E-state index is -0.736. The number of hydrogen-bond donors (Lipinski definition) is 2. The van der Waals surface area contributed by atoms with Crippen LogP contribution in [0.15, 0.2) is 18.3 Å². The maximum absolute atomic E-state index is 12.9. The van der Waals surface area contributed by atoms with Crippen LogP contribution in [0.3, 0.4) is 0 Å². The molecule has 0 aromatic carbocycles. The molecular weight excluding hydrogens is 263 g/mol. The molecule has 108 valence electrons. The first-order valence-electron chi connectivity index (χ1n) is 6.69. The van der Waals surface area contributed by atoms with Crippen molar-refractivity contribution in [1.82, 2.24) is 10.3 Å². The third-order valence-corrected chi connectivity index (χ3v) is 3.74. The summed E-state index contributed by atoms with van der Waals surface area (Å²) >= 11 is 0. The molecule has 0 spiro atoms. The molecule has 1 amide bonds. The summed E-state index contributed by atoms with van der Waals surface area (Å²) in [4.78, 5) is 26.0. The van der Waals surface area contributed by atoms with E-state index in [1.807, 2.05) is 0 Å². The predicted octanol–water partition coefficient (Wildman–Crippen LogP) is 1.84. The fourth-order valence-electron chi connectivity index (χ4n) is 2.50. The van der Waals surface area contributed by atoms with Crippen LogP contribution in [-0.2, 0) is 4.79 Å². The van der Waals surface area contributed by atoms with Gasteiger partial charge in [-0.15, -0.1) is 0 Å². The lowest BCUT2D eigenvalue weighted by molar-refractivity contribution is -0.143. The highest BCUT2D eigenvalue weighted by Gasteiger charge is 2.26. The van der Waals surface area contributed by atoms with Gasteiger partial charge < -0.3 is 10.4 Å². The lowest BCUT2D eigenvalue weighted by Crippen LogP contribution is -2.32. The second kappa shape index (κ2) is 6.45. The smallest absolute Gasteiger partial charge is 0.306 e. The van der Waals surface area contributed by atoms with E-state index < -0.39 is 11.9 Å². The Balaban J connectivity index is 1.79. The summed E-state index contributed by atoms with van der Waals surface area (Å²) in [6, 6.07) is 2.55. The van der Waals surface area contributed by atoms with Gasteiger partial charge in [0.2, 0.25) is 5.95 Å². The van der Waals surface area contributed by atoms with Crippen LogP contribution in [0.5, 0.6) is 0 Å². The van der Waals surface area contributed by atoms with Crippen LogP contribution in [0.4, 0.5) is 4.39 Å². The van der Waals surface area contributed by atoms with Crippen molar-refractivity contribution >= 4 is 11.9 Å². The van der Waals surface area contributed by atoms with Gasteiger partial charge in [0.05, 0.1) is 5.92 Å². The van der Waals surface area contributed by atoms with Crippen LogP contribution < -0.4 is 5.32 Å². The van der Waals surface area contributed by atoms with Crippen LogP contribution in [0.1, 0.15) is 36.0 Å². The van der Waals surface area contributed by atoms with Crippen LogP contribution in [0, 0.1) is 17.8 Å². The Labute approximate surface area is 116 Å². The zero-order valence-electron chi connectivity index (χ0n) is 11.0. The first kappa shape index (κ1) is 14.4. The number of carbonyl (C=O) groups excluding carboxylic acids is 1. The van der Waals surface area contributed by atoms with Crippen molar-refractivity contribution in [1.29, 1.82) is 0 Å². The van der Waals surface area contributed by atoms with Gasteiger partial charge in [0.15, 0.2) is 0 Å². The van der Waals surface area contributed by atoms with Crippen molar-refractivity contribution in [2.45, 2.75) is 25.7 Å². The highest BCUT2D eigenvalue weighted by molar-refractivity contribution is 5.93. The number of carbonyl (C=O) groups is 2. The summed E-state index contributed by atoms with van der Waals surface area (Å²) in [7, 11) is 0. The van der Waals surface area contributed by atoms with Crippen molar-refractivity contribution in [3.05, 3.63) is 29.8 Å². The topological polar surface area (TPSA) is 79.3 Å². The molecule has 5 nitrogen and oxygen atoms in total. The van der Waals surface area contributed by atoms with E-state index in [2.05, 4.69) is 10.3 Å². The maximum Gasteiger partial charge on any atom is 0.306 e. The van der Waals surface area contributed by atoms with Crippen molar-refractivity contribution in [2.75, 3.05) is 6.54 Å². The summed E-state index contributed by atoms with van der Waals surface area (Å²) in [6.07, 6.45) is 4.14. The molecule has 20 heavy (non-hydrogen) atoms. The first-order valence-corrected chi connectivity index (χ1v) is 6.69. The van der Waals surface area contributed by atoms with Gasteiger partial charge in [-0.2, -0.15) is 4.39 Å². The van der Waals surface area contributed by atoms with Gasteiger partial charge in [-0.3, -0.25) is 9.59 Å². The molecule has 1 heterocycles. The molecular formula is C14H17FN2O3. The molecule has 1 aliphatic rings. The van der Waals surface area contributed by atoms with E-state index in [0.717, 1.165) is 18.9 Å². The number of carboxylic acids is 1. The van der Waals surface area contributed by atoms with Gasteiger partial charge in [-0.05, 0) is 37.7 Å². The maximum atomic E-state index is 12.9. The molecule has 1 fully saturated rings. The highest BCUT2D eigenvalue weighted by atomic mass is 19.1. The lowest BCUT2D eigenvalue weighted by Gasteiger charge is -2.26. The average Bonchev–Trinajstić information content (AvgIpc) is 2.45. The van der Waals surface area contributed by atoms with Gasteiger partial charge in [-0.25, -0.2) is 4.98 Å². The van der Waals surface area contributed by atoms with E-state index in [0.29, 0.717) is 25.3 Å². The van der Waals surface area contributed by atoms with Crippen LogP contribution in [0.25, 0.3) is 0 Å². The molecule has 0 atom stereocenters. The number of nitrogens with zero attached hydrogens (tertiary/aromatic N) is 1. The van der Waals surface area contributed by atoms with Gasteiger partial charge in [0.25, 0.3) is 5.91 Å². The summed E-state index contributed by atoms with van der Waals surface area (Å²) < 4.78 is 12.9. The quantitative estimate of drug-likeness (QED) is 0.825. The molecule has 6 heteroatoms. The number of rotatable bonds is 4. The van der Waals surface area contributed by atoms with E-state index >= 15 is 0 Å². The van der Waals surface area contributed by atoms with Gasteiger partial charge in [-0.1, -0.05) is 0 Å².